The molecule has 0 fully saturated rings. The third-order valence-corrected chi connectivity index (χ3v) is 5.10. The molecule has 0 heterocycles. The van der Waals surface area contributed by atoms with Crippen LogP contribution in [0.25, 0.3) is 0 Å². The lowest BCUT2D eigenvalue weighted by atomic mass is 10.1. The van der Waals surface area contributed by atoms with Crippen molar-refractivity contribution in [3.05, 3.63) is 0 Å². The normalized spacial score (nSPS) is 13.4. The lowest BCUT2D eigenvalue weighted by Gasteiger charge is -2.12. The molecule has 0 aliphatic heterocycles. The van der Waals surface area contributed by atoms with Crippen molar-refractivity contribution in [1.29, 1.82) is 0 Å². The van der Waals surface area contributed by atoms with E-state index in [0.29, 0.717) is 6.61 Å². The second-order valence-electron chi connectivity index (χ2n) is 6.11. The number of unbranched alkanes of at least 4 members (excludes halogenated alkanes) is 11. The fourth-order valence-electron chi connectivity index (χ4n) is 2.57. The highest BCUT2D eigenvalue weighted by atomic mass is 32.2. The van der Waals surface area contributed by atoms with E-state index in [2.05, 4.69) is 6.92 Å². The van der Waals surface area contributed by atoms with Gasteiger partial charge in [0.25, 0.3) is 10.1 Å². The van der Waals surface area contributed by atoms with E-state index in [1.165, 1.54) is 64.2 Å². The fourth-order valence-corrected chi connectivity index (χ4v) is 3.26. The van der Waals surface area contributed by atoms with Gasteiger partial charge >= 0.3 is 0 Å². The molecule has 0 aliphatic rings. The minimum Gasteiger partial charge on any atom is -0.360 e. The van der Waals surface area contributed by atoms with Gasteiger partial charge < -0.3 is 4.74 Å². The molecule has 0 aromatic carbocycles. The van der Waals surface area contributed by atoms with Crippen molar-refractivity contribution in [2.45, 2.75) is 103 Å². The van der Waals surface area contributed by atoms with Gasteiger partial charge in [0.15, 0.2) is 5.44 Å². The Morgan fingerprint density at radius 3 is 1.55 bits per heavy atom. The van der Waals surface area contributed by atoms with Crippen molar-refractivity contribution < 1.29 is 17.7 Å². The lowest BCUT2D eigenvalue weighted by molar-refractivity contribution is 0.0930. The molecule has 0 saturated carbocycles. The van der Waals surface area contributed by atoms with Crippen molar-refractivity contribution in [2.24, 2.45) is 0 Å². The van der Waals surface area contributed by atoms with Gasteiger partial charge in [-0.05, 0) is 12.8 Å². The fraction of sp³-hybridized carbons (Fsp3) is 1.00. The summed E-state index contributed by atoms with van der Waals surface area (Å²) in [6.45, 7) is 4.35. The van der Waals surface area contributed by atoms with Crippen LogP contribution in [-0.4, -0.2) is 25.0 Å². The van der Waals surface area contributed by atoms with Gasteiger partial charge in [-0.2, -0.15) is 8.42 Å². The first-order valence-electron chi connectivity index (χ1n) is 9.10. The minimum absolute atomic E-state index is 0.289. The van der Waals surface area contributed by atoms with Crippen LogP contribution >= 0.6 is 0 Å². The standard InChI is InChI=1S/C17H36O4S/c1-3-5-6-7-8-9-10-11-12-13-14-15-16-21-17(4-2)22(18,19)20/h17H,3-16H2,1-2H3,(H,18,19,20). The molecule has 0 spiro atoms. The van der Waals surface area contributed by atoms with Gasteiger partial charge in [0.05, 0.1) is 0 Å². The number of hydrogen-bond acceptors (Lipinski definition) is 3. The summed E-state index contributed by atoms with van der Waals surface area (Å²) in [7, 11) is -4.05. The maximum absolute atomic E-state index is 10.9. The van der Waals surface area contributed by atoms with E-state index in [0.717, 1.165) is 12.8 Å². The summed E-state index contributed by atoms with van der Waals surface area (Å²) in [6.07, 6.45) is 15.5. The number of ether oxygens (including phenoxy) is 1. The van der Waals surface area contributed by atoms with E-state index in [1.54, 1.807) is 6.92 Å². The molecule has 0 rings (SSSR count). The van der Waals surface area contributed by atoms with Gasteiger partial charge in [-0.15, -0.1) is 0 Å². The monoisotopic (exact) mass is 336 g/mol. The molecule has 22 heavy (non-hydrogen) atoms. The molecule has 134 valence electrons. The van der Waals surface area contributed by atoms with Crippen molar-refractivity contribution >= 4 is 10.1 Å². The summed E-state index contributed by atoms with van der Waals surface area (Å²) < 4.78 is 36.0. The predicted molar refractivity (Wildman–Crippen MR) is 92.7 cm³/mol. The third kappa shape index (κ3) is 13.5. The summed E-state index contributed by atoms with van der Waals surface area (Å²) in [5, 5.41) is 0. The highest BCUT2D eigenvalue weighted by molar-refractivity contribution is 7.86. The van der Waals surface area contributed by atoms with E-state index >= 15 is 0 Å². The zero-order valence-electron chi connectivity index (χ0n) is 14.6. The van der Waals surface area contributed by atoms with E-state index in [-0.39, 0.29) is 6.42 Å². The average molecular weight is 337 g/mol. The number of rotatable bonds is 16. The van der Waals surface area contributed by atoms with Crippen LogP contribution in [0.4, 0.5) is 0 Å². The van der Waals surface area contributed by atoms with Crippen LogP contribution in [0.15, 0.2) is 0 Å². The van der Waals surface area contributed by atoms with Crippen LogP contribution in [-0.2, 0) is 14.9 Å². The van der Waals surface area contributed by atoms with Crippen LogP contribution in [0.1, 0.15) is 97.3 Å². The molecule has 1 N–H and O–H groups in total. The van der Waals surface area contributed by atoms with Crippen LogP contribution in [0.2, 0.25) is 0 Å². The van der Waals surface area contributed by atoms with Crippen molar-refractivity contribution in [1.82, 2.24) is 0 Å². The summed E-state index contributed by atoms with van der Waals surface area (Å²) in [5.41, 5.74) is -1.06. The molecule has 1 atom stereocenters. The zero-order valence-corrected chi connectivity index (χ0v) is 15.4. The van der Waals surface area contributed by atoms with Crippen LogP contribution in [0.3, 0.4) is 0 Å². The summed E-state index contributed by atoms with van der Waals surface area (Å²) in [5.74, 6) is 0. The Labute approximate surface area is 137 Å². The topological polar surface area (TPSA) is 63.6 Å². The largest absolute Gasteiger partial charge is 0.360 e. The van der Waals surface area contributed by atoms with Gasteiger partial charge in [0, 0.05) is 6.61 Å². The SMILES string of the molecule is CCCCCCCCCCCCCCOC(CC)S(=O)(=O)O. The second kappa shape index (κ2) is 14.5. The Bertz CT molecular complexity index is 328. The van der Waals surface area contributed by atoms with E-state index in [4.69, 9.17) is 9.29 Å². The molecule has 0 saturated heterocycles. The van der Waals surface area contributed by atoms with Crippen LogP contribution in [0, 0.1) is 0 Å². The zero-order chi connectivity index (χ0) is 16.7. The molecular weight excluding hydrogens is 300 g/mol. The summed E-state index contributed by atoms with van der Waals surface area (Å²) >= 11 is 0. The van der Waals surface area contributed by atoms with Gasteiger partial charge in [0.2, 0.25) is 0 Å². The Morgan fingerprint density at radius 1 is 0.773 bits per heavy atom. The smallest absolute Gasteiger partial charge is 0.292 e. The molecule has 0 aromatic rings. The van der Waals surface area contributed by atoms with Gasteiger partial charge in [-0.25, -0.2) is 0 Å². The molecule has 0 bridgehead atoms. The van der Waals surface area contributed by atoms with Crippen LogP contribution < -0.4 is 0 Å². The molecular formula is C17H36O4S. The van der Waals surface area contributed by atoms with E-state index in [1.807, 2.05) is 0 Å². The summed E-state index contributed by atoms with van der Waals surface area (Å²) in [6, 6.07) is 0. The van der Waals surface area contributed by atoms with E-state index in [9.17, 15) is 8.42 Å². The second-order valence-corrected chi connectivity index (χ2v) is 7.67. The Hall–Kier alpha value is -0.130. The van der Waals surface area contributed by atoms with Crippen molar-refractivity contribution in [2.75, 3.05) is 6.61 Å². The first-order chi connectivity index (χ1) is 10.5. The Balaban J connectivity index is 3.27. The van der Waals surface area contributed by atoms with Crippen molar-refractivity contribution in [3.63, 3.8) is 0 Å². The molecule has 0 aromatic heterocycles. The lowest BCUT2D eigenvalue weighted by Crippen LogP contribution is -2.23. The molecule has 5 heteroatoms. The highest BCUT2D eigenvalue weighted by Crippen LogP contribution is 2.12. The predicted octanol–water partition coefficient (Wildman–Crippen LogP) is 5.33. The first kappa shape index (κ1) is 21.9. The molecule has 0 radical (unpaired) electrons. The quantitative estimate of drug-likeness (QED) is 0.306. The average Bonchev–Trinajstić information content (AvgIpc) is 2.46. The van der Waals surface area contributed by atoms with Gasteiger partial charge in [-0.1, -0.05) is 84.5 Å². The maximum Gasteiger partial charge on any atom is 0.292 e. The molecule has 4 nitrogen and oxygen atoms in total. The number of hydrogen-bond donors (Lipinski definition) is 1. The van der Waals surface area contributed by atoms with E-state index < -0.39 is 15.6 Å². The Morgan fingerprint density at radius 2 is 1.18 bits per heavy atom. The molecule has 1 unspecified atom stereocenters. The molecule has 0 amide bonds. The first-order valence-corrected chi connectivity index (χ1v) is 10.6. The third-order valence-electron chi connectivity index (χ3n) is 3.97. The van der Waals surface area contributed by atoms with Crippen molar-refractivity contribution in [3.8, 4) is 0 Å². The molecule has 0 aliphatic carbocycles. The van der Waals surface area contributed by atoms with Crippen LogP contribution in [0.5, 0.6) is 0 Å². The van der Waals surface area contributed by atoms with Gasteiger partial charge in [-0.3, -0.25) is 4.55 Å². The van der Waals surface area contributed by atoms with Gasteiger partial charge in [0.1, 0.15) is 0 Å². The summed E-state index contributed by atoms with van der Waals surface area (Å²) in [4.78, 5) is 0. The maximum atomic E-state index is 10.9. The highest BCUT2D eigenvalue weighted by Gasteiger charge is 2.20. The minimum atomic E-state index is -4.05. The Kier molecular flexibility index (Phi) is 14.4.